The first kappa shape index (κ1) is 20.7. The van der Waals surface area contributed by atoms with Crippen LogP contribution in [0.3, 0.4) is 0 Å². The number of aromatic nitrogens is 3. The smallest absolute Gasteiger partial charge is 0.306 e. The number of carboxylic acids is 1. The molecular weight excluding hydrogens is 428 g/mol. The molecule has 1 saturated carbocycles. The first-order valence-corrected chi connectivity index (χ1v) is 11.5. The van der Waals surface area contributed by atoms with Gasteiger partial charge in [0.25, 0.3) is 5.89 Å². The van der Waals surface area contributed by atoms with Crippen LogP contribution in [0.5, 0.6) is 0 Å². The third-order valence-corrected chi connectivity index (χ3v) is 7.08. The van der Waals surface area contributed by atoms with Gasteiger partial charge in [-0.05, 0) is 77.9 Å². The van der Waals surface area contributed by atoms with Crippen molar-refractivity contribution in [2.75, 3.05) is 0 Å². The van der Waals surface area contributed by atoms with E-state index < -0.39 is 5.97 Å². The van der Waals surface area contributed by atoms with Gasteiger partial charge in [0.1, 0.15) is 0 Å². The number of benzene rings is 2. The fourth-order valence-electron chi connectivity index (χ4n) is 5.02. The molecule has 0 bridgehead atoms. The minimum atomic E-state index is -0.676. The summed E-state index contributed by atoms with van der Waals surface area (Å²) in [4.78, 5) is 22.3. The summed E-state index contributed by atoms with van der Waals surface area (Å²) in [6.45, 7) is 3.78. The zero-order valence-corrected chi connectivity index (χ0v) is 18.8. The Morgan fingerprint density at radius 2 is 1.74 bits per heavy atom. The maximum absolute atomic E-state index is 11.1. The van der Waals surface area contributed by atoms with Crippen LogP contribution in [0.15, 0.2) is 65.4 Å². The van der Waals surface area contributed by atoms with E-state index in [1.807, 2.05) is 24.3 Å². The number of hydrogen-bond donors (Lipinski definition) is 1. The average molecular weight is 453 g/mol. The molecule has 0 spiro atoms. The Balaban J connectivity index is 1.19. The Kier molecular flexibility index (Phi) is 4.99. The first-order valence-electron chi connectivity index (χ1n) is 11.5. The minimum Gasteiger partial charge on any atom is -0.481 e. The van der Waals surface area contributed by atoms with Gasteiger partial charge < -0.3 is 9.63 Å². The predicted molar refractivity (Wildman–Crippen MR) is 127 cm³/mol. The Morgan fingerprint density at radius 1 is 0.971 bits per heavy atom. The number of aryl methyl sites for hydroxylation is 1. The predicted octanol–water partition coefficient (Wildman–Crippen LogP) is 4.95. The third kappa shape index (κ3) is 3.68. The summed E-state index contributed by atoms with van der Waals surface area (Å²) < 4.78 is 5.61. The van der Waals surface area contributed by atoms with Gasteiger partial charge in [0.2, 0.25) is 5.82 Å². The van der Waals surface area contributed by atoms with Crippen LogP contribution in [-0.4, -0.2) is 37.1 Å². The van der Waals surface area contributed by atoms with E-state index >= 15 is 0 Å². The SMILES string of the molecule is Cc1cc(-c2nc(-c3ccc4c(c3)CN([C@H]3C[C@H](C(=O)O)C3)C4)no2)ccc1-c1ccncc1. The molecular formula is C27H24N4O3. The van der Waals surface area contributed by atoms with E-state index in [1.54, 1.807) is 12.4 Å². The van der Waals surface area contributed by atoms with Crippen LogP contribution in [0.25, 0.3) is 34.0 Å². The Labute approximate surface area is 197 Å². The standard InChI is InChI=1S/C27H24N4O3/c1-16-10-19(4-5-24(16)17-6-8-28-9-7-17)26-29-25(30-34-26)18-2-3-20-14-31(15-22(20)11-18)23-12-21(13-23)27(32)33/h2-11,21,23H,12-15H2,1H3,(H,32,33)/t21-,23-. The highest BCUT2D eigenvalue weighted by Crippen LogP contribution is 2.38. The second-order valence-corrected chi connectivity index (χ2v) is 9.24. The van der Waals surface area contributed by atoms with Gasteiger partial charge in [-0.15, -0.1) is 0 Å². The number of fused-ring (bicyclic) bond motifs is 1. The molecule has 0 radical (unpaired) electrons. The molecule has 2 aromatic heterocycles. The first-order chi connectivity index (χ1) is 16.5. The van der Waals surface area contributed by atoms with Crippen LogP contribution >= 0.6 is 0 Å². The number of aliphatic carboxylic acids is 1. The van der Waals surface area contributed by atoms with Crippen molar-refractivity contribution in [2.45, 2.75) is 38.9 Å². The number of rotatable bonds is 5. The molecule has 0 unspecified atom stereocenters. The molecule has 2 aromatic carbocycles. The van der Waals surface area contributed by atoms with Crippen molar-refractivity contribution in [3.63, 3.8) is 0 Å². The van der Waals surface area contributed by atoms with E-state index in [9.17, 15) is 4.79 Å². The third-order valence-electron chi connectivity index (χ3n) is 7.08. The molecule has 3 heterocycles. The van der Waals surface area contributed by atoms with Crippen molar-refractivity contribution in [1.29, 1.82) is 0 Å². The number of carbonyl (C=O) groups is 1. The van der Waals surface area contributed by atoms with Gasteiger partial charge in [-0.2, -0.15) is 4.98 Å². The van der Waals surface area contributed by atoms with Crippen LogP contribution < -0.4 is 0 Å². The lowest BCUT2D eigenvalue weighted by molar-refractivity contribution is -0.147. The zero-order valence-electron chi connectivity index (χ0n) is 18.8. The number of nitrogens with zero attached hydrogens (tertiary/aromatic N) is 4. The second kappa shape index (κ2) is 8.18. The molecule has 4 aromatic rings. The van der Waals surface area contributed by atoms with Gasteiger partial charge in [-0.1, -0.05) is 23.4 Å². The normalized spacial score (nSPS) is 19.6. The fraction of sp³-hybridized carbons (Fsp3) is 0.259. The number of hydrogen-bond acceptors (Lipinski definition) is 6. The van der Waals surface area contributed by atoms with Gasteiger partial charge in [0, 0.05) is 42.7 Å². The highest BCUT2D eigenvalue weighted by molar-refractivity contribution is 5.72. The summed E-state index contributed by atoms with van der Waals surface area (Å²) in [6.07, 6.45) is 5.07. The van der Waals surface area contributed by atoms with E-state index in [0.29, 0.717) is 17.8 Å². The van der Waals surface area contributed by atoms with Crippen molar-refractivity contribution in [3.8, 4) is 34.0 Å². The summed E-state index contributed by atoms with van der Waals surface area (Å²) in [5, 5.41) is 13.4. The molecule has 2 aliphatic rings. The lowest BCUT2D eigenvalue weighted by atomic mass is 9.79. The summed E-state index contributed by atoms with van der Waals surface area (Å²) in [5.74, 6) is 0.201. The van der Waals surface area contributed by atoms with E-state index in [1.165, 1.54) is 11.1 Å². The molecule has 7 nitrogen and oxygen atoms in total. The van der Waals surface area contributed by atoms with E-state index in [2.05, 4.69) is 51.2 Å². The van der Waals surface area contributed by atoms with Crippen molar-refractivity contribution in [2.24, 2.45) is 5.92 Å². The maximum Gasteiger partial charge on any atom is 0.306 e. The lowest BCUT2D eigenvalue weighted by Crippen LogP contribution is -2.44. The molecule has 7 heteroatoms. The number of pyridine rings is 1. The topological polar surface area (TPSA) is 92.4 Å². The quantitative estimate of drug-likeness (QED) is 0.458. The van der Waals surface area contributed by atoms with Gasteiger partial charge >= 0.3 is 5.97 Å². The van der Waals surface area contributed by atoms with Crippen LogP contribution in [-0.2, 0) is 17.9 Å². The van der Waals surface area contributed by atoms with Gasteiger partial charge in [0.15, 0.2) is 0 Å². The Morgan fingerprint density at radius 3 is 2.50 bits per heavy atom. The molecule has 1 fully saturated rings. The van der Waals surface area contributed by atoms with Gasteiger partial charge in [0.05, 0.1) is 5.92 Å². The van der Waals surface area contributed by atoms with E-state index in [0.717, 1.165) is 53.7 Å². The van der Waals surface area contributed by atoms with E-state index in [-0.39, 0.29) is 5.92 Å². The molecule has 34 heavy (non-hydrogen) atoms. The Hall–Kier alpha value is -3.84. The largest absolute Gasteiger partial charge is 0.481 e. The summed E-state index contributed by atoms with van der Waals surface area (Å²) in [5.41, 5.74) is 7.75. The van der Waals surface area contributed by atoms with Crippen LogP contribution in [0.2, 0.25) is 0 Å². The average Bonchev–Trinajstić information content (AvgIpc) is 3.45. The molecule has 1 aliphatic heterocycles. The highest BCUT2D eigenvalue weighted by atomic mass is 16.5. The monoisotopic (exact) mass is 452 g/mol. The summed E-state index contributed by atoms with van der Waals surface area (Å²) in [6, 6.07) is 16.8. The minimum absolute atomic E-state index is 0.190. The van der Waals surface area contributed by atoms with Crippen molar-refractivity contribution in [3.05, 3.63) is 77.6 Å². The van der Waals surface area contributed by atoms with Gasteiger partial charge in [-0.25, -0.2) is 0 Å². The van der Waals surface area contributed by atoms with Crippen LogP contribution in [0.1, 0.15) is 29.5 Å². The summed E-state index contributed by atoms with van der Waals surface area (Å²) in [7, 11) is 0. The van der Waals surface area contributed by atoms with Gasteiger partial charge in [-0.3, -0.25) is 14.7 Å². The van der Waals surface area contributed by atoms with Crippen molar-refractivity contribution in [1.82, 2.24) is 20.0 Å². The maximum atomic E-state index is 11.1. The molecule has 0 atom stereocenters. The molecule has 1 N–H and O–H groups in total. The van der Waals surface area contributed by atoms with E-state index in [4.69, 9.17) is 9.63 Å². The summed E-state index contributed by atoms with van der Waals surface area (Å²) >= 11 is 0. The molecule has 6 rings (SSSR count). The number of carboxylic acid groups (broad SMARTS) is 1. The lowest BCUT2D eigenvalue weighted by Gasteiger charge is -2.39. The van der Waals surface area contributed by atoms with Crippen molar-refractivity contribution >= 4 is 5.97 Å². The highest BCUT2D eigenvalue weighted by Gasteiger charge is 2.39. The van der Waals surface area contributed by atoms with Crippen LogP contribution in [0.4, 0.5) is 0 Å². The van der Waals surface area contributed by atoms with Crippen LogP contribution in [0, 0.1) is 12.8 Å². The second-order valence-electron chi connectivity index (χ2n) is 9.24. The molecule has 170 valence electrons. The van der Waals surface area contributed by atoms with Crippen molar-refractivity contribution < 1.29 is 14.4 Å². The zero-order chi connectivity index (χ0) is 23.2. The Bertz CT molecular complexity index is 1380. The molecule has 1 aliphatic carbocycles. The molecule has 0 saturated heterocycles. The molecule has 0 amide bonds. The fourth-order valence-corrected chi connectivity index (χ4v) is 5.02.